The van der Waals surface area contributed by atoms with Crippen LogP contribution in [0.4, 0.5) is 11.4 Å². The Bertz CT molecular complexity index is 684. The topological polar surface area (TPSA) is 55.2 Å². The number of nitro groups is 1. The van der Waals surface area contributed by atoms with Gasteiger partial charge in [-0.3, -0.25) is 10.1 Å². The third-order valence-corrected chi connectivity index (χ3v) is 4.33. The van der Waals surface area contributed by atoms with E-state index in [0.717, 1.165) is 12.2 Å². The Morgan fingerprint density at radius 3 is 2.67 bits per heavy atom. The highest BCUT2D eigenvalue weighted by molar-refractivity contribution is 9.10. The second kappa shape index (κ2) is 5.85. The van der Waals surface area contributed by atoms with Gasteiger partial charge in [0.15, 0.2) is 0 Å². The van der Waals surface area contributed by atoms with Crippen LogP contribution in [0, 0.1) is 10.1 Å². The third kappa shape index (κ3) is 3.24. The molecule has 108 valence electrons. The minimum Gasteiger partial charge on any atom is -0.381 e. The van der Waals surface area contributed by atoms with Crippen LogP contribution in [0.25, 0.3) is 0 Å². The Morgan fingerprint density at radius 2 is 2.00 bits per heavy atom. The van der Waals surface area contributed by atoms with E-state index < -0.39 is 4.92 Å². The van der Waals surface area contributed by atoms with Gasteiger partial charge in [0.05, 0.1) is 9.40 Å². The van der Waals surface area contributed by atoms with E-state index in [1.54, 1.807) is 12.1 Å². The number of anilines is 1. The Morgan fingerprint density at radius 1 is 1.24 bits per heavy atom. The number of hydrogen-bond acceptors (Lipinski definition) is 3. The maximum absolute atomic E-state index is 10.8. The molecule has 4 nitrogen and oxygen atoms in total. The lowest BCUT2D eigenvalue weighted by molar-refractivity contribution is -0.385. The van der Waals surface area contributed by atoms with Crippen molar-refractivity contribution in [2.24, 2.45) is 0 Å². The van der Waals surface area contributed by atoms with E-state index in [9.17, 15) is 10.1 Å². The van der Waals surface area contributed by atoms with E-state index in [1.165, 1.54) is 30.0 Å². The third-order valence-electron chi connectivity index (χ3n) is 3.70. The predicted molar refractivity (Wildman–Crippen MR) is 86.5 cm³/mol. The van der Waals surface area contributed by atoms with Gasteiger partial charge in [0.25, 0.3) is 5.69 Å². The molecular weight excluding hydrogens is 332 g/mol. The van der Waals surface area contributed by atoms with Gasteiger partial charge in [0, 0.05) is 18.3 Å². The zero-order valence-electron chi connectivity index (χ0n) is 11.4. The molecule has 0 spiro atoms. The van der Waals surface area contributed by atoms with Crippen molar-refractivity contribution in [2.45, 2.75) is 25.3 Å². The smallest absolute Gasteiger partial charge is 0.283 e. The minimum atomic E-state index is -0.393. The summed E-state index contributed by atoms with van der Waals surface area (Å²) in [5.41, 5.74) is 3.68. The summed E-state index contributed by atoms with van der Waals surface area (Å²) < 4.78 is 0.493. The van der Waals surface area contributed by atoms with Crippen molar-refractivity contribution in [3.63, 3.8) is 0 Å². The Labute approximate surface area is 131 Å². The maximum atomic E-state index is 10.8. The van der Waals surface area contributed by atoms with Gasteiger partial charge < -0.3 is 5.32 Å². The molecule has 0 bridgehead atoms. The van der Waals surface area contributed by atoms with Crippen molar-refractivity contribution in [3.8, 4) is 0 Å². The molecule has 2 aromatic carbocycles. The quantitative estimate of drug-likeness (QED) is 0.622. The summed E-state index contributed by atoms with van der Waals surface area (Å²) in [6, 6.07) is 13.5. The van der Waals surface area contributed by atoms with Crippen LogP contribution in [0.2, 0.25) is 0 Å². The zero-order chi connectivity index (χ0) is 14.8. The van der Waals surface area contributed by atoms with E-state index in [2.05, 4.69) is 45.5 Å². The summed E-state index contributed by atoms with van der Waals surface area (Å²) >= 11 is 3.24. The molecule has 0 aliphatic heterocycles. The number of rotatable bonds is 5. The number of nitro benzene ring substituents is 1. The predicted octanol–water partition coefficient (Wildman–Crippen LogP) is 4.85. The molecule has 0 radical (unpaired) electrons. The van der Waals surface area contributed by atoms with E-state index in [-0.39, 0.29) is 5.69 Å². The first-order valence-electron chi connectivity index (χ1n) is 6.91. The lowest BCUT2D eigenvalue weighted by Gasteiger charge is -2.11. The number of benzene rings is 2. The average Bonchev–Trinajstić information content (AvgIpc) is 3.29. The second-order valence-corrected chi connectivity index (χ2v) is 6.10. The van der Waals surface area contributed by atoms with Gasteiger partial charge in [-0.05, 0) is 57.9 Å². The largest absolute Gasteiger partial charge is 0.381 e. The number of hydrogen-bond donors (Lipinski definition) is 1. The van der Waals surface area contributed by atoms with Crippen molar-refractivity contribution in [3.05, 3.63) is 68.2 Å². The number of nitrogens with one attached hydrogen (secondary N) is 1. The molecule has 0 heterocycles. The molecule has 1 aliphatic rings. The molecule has 0 amide bonds. The van der Waals surface area contributed by atoms with Crippen LogP contribution in [0.3, 0.4) is 0 Å². The van der Waals surface area contributed by atoms with Gasteiger partial charge in [0.1, 0.15) is 0 Å². The van der Waals surface area contributed by atoms with Crippen molar-refractivity contribution in [1.29, 1.82) is 0 Å². The summed E-state index contributed by atoms with van der Waals surface area (Å²) in [6.07, 6.45) is 2.56. The lowest BCUT2D eigenvalue weighted by atomic mass is 10.0. The highest BCUT2D eigenvalue weighted by Crippen LogP contribution is 2.41. The van der Waals surface area contributed by atoms with Gasteiger partial charge in [-0.1, -0.05) is 24.3 Å². The van der Waals surface area contributed by atoms with Crippen LogP contribution in [0.15, 0.2) is 46.9 Å². The van der Waals surface area contributed by atoms with Crippen LogP contribution in [-0.4, -0.2) is 4.92 Å². The summed E-state index contributed by atoms with van der Waals surface area (Å²) in [4.78, 5) is 10.4. The molecule has 0 unspecified atom stereocenters. The summed E-state index contributed by atoms with van der Waals surface area (Å²) in [7, 11) is 0. The van der Waals surface area contributed by atoms with Crippen molar-refractivity contribution >= 4 is 27.3 Å². The zero-order valence-corrected chi connectivity index (χ0v) is 13.0. The SMILES string of the molecule is O=[N+]([O-])c1ccc(NCc2ccccc2C2CC2)cc1Br. The Balaban J connectivity index is 1.73. The van der Waals surface area contributed by atoms with E-state index in [4.69, 9.17) is 0 Å². The summed E-state index contributed by atoms with van der Waals surface area (Å²) in [5.74, 6) is 0.714. The van der Waals surface area contributed by atoms with Crippen molar-refractivity contribution in [2.75, 3.05) is 5.32 Å². The van der Waals surface area contributed by atoms with Crippen LogP contribution in [0.1, 0.15) is 29.9 Å². The molecule has 1 N–H and O–H groups in total. The van der Waals surface area contributed by atoms with Gasteiger partial charge in [-0.25, -0.2) is 0 Å². The van der Waals surface area contributed by atoms with E-state index in [0.29, 0.717) is 10.4 Å². The second-order valence-electron chi connectivity index (χ2n) is 5.25. The van der Waals surface area contributed by atoms with Gasteiger partial charge >= 0.3 is 0 Å². The maximum Gasteiger partial charge on any atom is 0.283 e. The van der Waals surface area contributed by atoms with E-state index in [1.807, 2.05) is 0 Å². The Kier molecular flexibility index (Phi) is 3.92. The molecule has 5 heteroatoms. The normalized spacial score (nSPS) is 14.0. The van der Waals surface area contributed by atoms with Gasteiger partial charge in [-0.15, -0.1) is 0 Å². The highest BCUT2D eigenvalue weighted by atomic mass is 79.9. The minimum absolute atomic E-state index is 0.0823. The van der Waals surface area contributed by atoms with Crippen LogP contribution in [-0.2, 0) is 6.54 Å². The summed E-state index contributed by atoms with van der Waals surface area (Å²) in [5, 5.41) is 14.1. The summed E-state index contributed by atoms with van der Waals surface area (Å²) in [6.45, 7) is 0.733. The molecule has 1 saturated carbocycles. The van der Waals surface area contributed by atoms with Gasteiger partial charge in [-0.2, -0.15) is 0 Å². The van der Waals surface area contributed by atoms with Crippen LogP contribution >= 0.6 is 15.9 Å². The van der Waals surface area contributed by atoms with Crippen LogP contribution in [0.5, 0.6) is 0 Å². The Hall–Kier alpha value is -1.88. The number of nitrogens with zero attached hydrogens (tertiary/aromatic N) is 1. The molecule has 0 saturated heterocycles. The lowest BCUT2D eigenvalue weighted by Crippen LogP contribution is -2.02. The molecule has 0 atom stereocenters. The first-order chi connectivity index (χ1) is 10.1. The van der Waals surface area contributed by atoms with Crippen molar-refractivity contribution < 1.29 is 4.92 Å². The molecule has 1 aliphatic carbocycles. The average molecular weight is 347 g/mol. The first kappa shape index (κ1) is 14.1. The molecular formula is C16H15BrN2O2. The van der Waals surface area contributed by atoms with Gasteiger partial charge in [0.2, 0.25) is 0 Å². The van der Waals surface area contributed by atoms with Crippen molar-refractivity contribution in [1.82, 2.24) is 0 Å². The fourth-order valence-electron chi connectivity index (χ4n) is 2.45. The highest BCUT2D eigenvalue weighted by Gasteiger charge is 2.25. The first-order valence-corrected chi connectivity index (χ1v) is 7.70. The fourth-order valence-corrected chi connectivity index (χ4v) is 2.97. The molecule has 3 rings (SSSR count). The fraction of sp³-hybridized carbons (Fsp3) is 0.250. The molecule has 21 heavy (non-hydrogen) atoms. The standard InChI is InChI=1S/C16H15BrN2O2/c17-15-9-13(7-8-16(15)19(20)21)18-10-12-3-1-2-4-14(12)11-5-6-11/h1-4,7-9,11,18H,5-6,10H2. The number of halogens is 1. The molecule has 1 fully saturated rings. The van der Waals surface area contributed by atoms with Crippen LogP contribution < -0.4 is 5.32 Å². The monoisotopic (exact) mass is 346 g/mol. The molecule has 0 aromatic heterocycles. The molecule has 2 aromatic rings. The van der Waals surface area contributed by atoms with E-state index >= 15 is 0 Å².